The molecule has 0 aliphatic carbocycles. The predicted octanol–water partition coefficient (Wildman–Crippen LogP) is 4.59. The molecule has 2 N–H and O–H groups in total. The monoisotopic (exact) mass is 503 g/mol. The number of carbonyl (C=O) groups excluding carboxylic acids is 2. The molecule has 1 rings (SSSR count). The molecule has 1 aromatic heterocycles. The molecule has 0 aliphatic rings. The summed E-state index contributed by atoms with van der Waals surface area (Å²) in [4.78, 5) is 25.5. The third-order valence-electron chi connectivity index (χ3n) is 3.82. The van der Waals surface area contributed by atoms with Crippen LogP contribution in [0.2, 0.25) is 0 Å². The van der Waals surface area contributed by atoms with E-state index >= 15 is 0 Å². The molecule has 9 heteroatoms. The molecule has 0 radical (unpaired) electrons. The van der Waals surface area contributed by atoms with E-state index in [4.69, 9.17) is 16.9 Å². The lowest BCUT2D eigenvalue weighted by molar-refractivity contribution is -0.116. The van der Waals surface area contributed by atoms with Crippen molar-refractivity contribution in [3.63, 3.8) is 0 Å². The number of likely N-dealkylation sites (N-methyl/N-ethyl adjacent to an activating group) is 1. The number of nitrogens with one attached hydrogen (secondary N) is 2. The van der Waals surface area contributed by atoms with Crippen LogP contribution < -0.4 is 10.6 Å². The maximum Gasteiger partial charge on any atom is 0.274 e. The molecule has 0 unspecified atom stereocenters. The number of amides is 2. The zero-order valence-electron chi connectivity index (χ0n) is 17.7. The molecule has 0 spiro atoms. The van der Waals surface area contributed by atoms with E-state index in [0.717, 1.165) is 0 Å². The minimum atomic E-state index is -0.572. The highest BCUT2D eigenvalue weighted by Crippen LogP contribution is 2.23. The first kappa shape index (κ1) is 25.9. The average Bonchev–Trinajstić information content (AvgIpc) is 3.14. The Bertz CT molecular complexity index is 1080. The molecule has 162 valence electrons. The molecule has 1 aromatic rings. The zero-order chi connectivity index (χ0) is 23.7. The Morgan fingerprint density at radius 2 is 2.00 bits per heavy atom. The van der Waals surface area contributed by atoms with Gasteiger partial charge in [-0.25, -0.2) is 4.68 Å². The van der Waals surface area contributed by atoms with Crippen LogP contribution in [0.25, 0.3) is 5.70 Å². The summed E-state index contributed by atoms with van der Waals surface area (Å²) in [6.45, 7) is 12.8. The Hall–Kier alpha value is -3.15. The SMILES string of the molecule is C=C(C)/C(NC(=O)c1cc(Br)nn1C(=C)/C(Cl)=C\C=C/C)=C(\C=C(/C)C#N)C(=O)NC. The predicted molar refractivity (Wildman–Crippen MR) is 127 cm³/mol. The molecule has 0 saturated heterocycles. The number of hydrogen-bond acceptors (Lipinski definition) is 4. The van der Waals surface area contributed by atoms with Crippen LogP contribution in [-0.2, 0) is 4.79 Å². The van der Waals surface area contributed by atoms with Crippen molar-refractivity contribution in [2.24, 2.45) is 0 Å². The number of allylic oxidation sites excluding steroid dienone is 7. The first-order valence-corrected chi connectivity index (χ1v) is 10.2. The normalized spacial score (nSPS) is 12.8. The lowest BCUT2D eigenvalue weighted by Crippen LogP contribution is -2.30. The van der Waals surface area contributed by atoms with Crippen LogP contribution in [0.4, 0.5) is 0 Å². The first-order valence-electron chi connectivity index (χ1n) is 9.03. The maximum absolute atomic E-state index is 13.1. The largest absolute Gasteiger partial charge is 0.355 e. The summed E-state index contributed by atoms with van der Waals surface area (Å²) < 4.78 is 1.68. The zero-order valence-corrected chi connectivity index (χ0v) is 20.1. The molecule has 0 saturated carbocycles. The lowest BCUT2D eigenvalue weighted by Gasteiger charge is -2.15. The maximum atomic E-state index is 13.1. The molecule has 0 bridgehead atoms. The first-order chi connectivity index (χ1) is 14.6. The van der Waals surface area contributed by atoms with E-state index < -0.39 is 11.8 Å². The molecule has 1 heterocycles. The van der Waals surface area contributed by atoms with Gasteiger partial charge in [-0.2, -0.15) is 10.4 Å². The average molecular weight is 505 g/mol. The Kier molecular flexibility index (Phi) is 9.93. The van der Waals surface area contributed by atoms with Gasteiger partial charge in [0.1, 0.15) is 10.3 Å². The second kappa shape index (κ2) is 11.9. The fraction of sp³-hybridized carbons (Fsp3) is 0.182. The second-order valence-electron chi connectivity index (χ2n) is 6.29. The standard InChI is InChI=1S/C22H23BrClN5O2/c1-7-8-9-17(24)15(5)29-18(11-19(23)28-29)22(31)27-20(13(2)3)16(21(30)26-6)10-14(4)12-25/h7-11H,2,5H2,1,3-4,6H3,(H,26,30)(H,27,31)/b8-7-,14-10+,17-9+,20-16-. The summed E-state index contributed by atoms with van der Waals surface area (Å²) in [7, 11) is 1.45. The summed E-state index contributed by atoms with van der Waals surface area (Å²) in [5.74, 6) is -1.05. The molecule has 0 atom stereocenters. The van der Waals surface area contributed by atoms with Gasteiger partial charge in [-0.1, -0.05) is 36.9 Å². The molecule has 0 aliphatic heterocycles. The Balaban J connectivity index is 3.53. The van der Waals surface area contributed by atoms with E-state index in [1.165, 1.54) is 23.9 Å². The van der Waals surface area contributed by atoms with E-state index in [9.17, 15) is 9.59 Å². The van der Waals surface area contributed by atoms with Crippen LogP contribution in [-0.4, -0.2) is 28.6 Å². The van der Waals surface area contributed by atoms with E-state index in [0.29, 0.717) is 10.2 Å². The van der Waals surface area contributed by atoms with Crippen molar-refractivity contribution in [3.05, 3.63) is 81.3 Å². The molecular weight excluding hydrogens is 482 g/mol. The van der Waals surface area contributed by atoms with Crippen LogP contribution in [0.5, 0.6) is 0 Å². The number of halogens is 2. The molecule has 0 aromatic carbocycles. The van der Waals surface area contributed by atoms with Crippen molar-refractivity contribution in [1.82, 2.24) is 20.4 Å². The van der Waals surface area contributed by atoms with Crippen molar-refractivity contribution in [3.8, 4) is 6.07 Å². The third-order valence-corrected chi connectivity index (χ3v) is 4.55. The molecule has 31 heavy (non-hydrogen) atoms. The minimum Gasteiger partial charge on any atom is -0.355 e. The van der Waals surface area contributed by atoms with Gasteiger partial charge in [0.15, 0.2) is 0 Å². The third kappa shape index (κ3) is 6.95. The number of rotatable bonds is 8. The van der Waals surface area contributed by atoms with Crippen molar-refractivity contribution < 1.29 is 9.59 Å². The highest BCUT2D eigenvalue weighted by molar-refractivity contribution is 9.10. The molecule has 7 nitrogen and oxygen atoms in total. The van der Waals surface area contributed by atoms with Gasteiger partial charge >= 0.3 is 0 Å². The van der Waals surface area contributed by atoms with E-state index in [-0.39, 0.29) is 33.3 Å². The van der Waals surface area contributed by atoms with Crippen LogP contribution in [0.3, 0.4) is 0 Å². The van der Waals surface area contributed by atoms with E-state index in [1.807, 2.05) is 13.0 Å². The Morgan fingerprint density at radius 3 is 2.52 bits per heavy atom. The van der Waals surface area contributed by atoms with Crippen LogP contribution in [0.1, 0.15) is 31.3 Å². The quantitative estimate of drug-likeness (QED) is 0.307. The number of aromatic nitrogens is 2. The fourth-order valence-electron chi connectivity index (χ4n) is 2.31. The second-order valence-corrected chi connectivity index (χ2v) is 7.51. The summed E-state index contributed by atoms with van der Waals surface area (Å²) >= 11 is 9.51. The summed E-state index contributed by atoms with van der Waals surface area (Å²) in [5, 5.41) is 18.8. The fourth-order valence-corrected chi connectivity index (χ4v) is 2.84. The molecule has 0 fully saturated rings. The number of nitriles is 1. The molecule has 2 amide bonds. The van der Waals surface area contributed by atoms with Crippen LogP contribution in [0, 0.1) is 11.3 Å². The Morgan fingerprint density at radius 1 is 1.35 bits per heavy atom. The van der Waals surface area contributed by atoms with Crippen molar-refractivity contribution in [1.29, 1.82) is 5.26 Å². The minimum absolute atomic E-state index is 0.0948. The van der Waals surface area contributed by atoms with Gasteiger partial charge in [-0.15, -0.1) is 0 Å². The number of carbonyl (C=O) groups is 2. The lowest BCUT2D eigenvalue weighted by atomic mass is 10.1. The highest BCUT2D eigenvalue weighted by atomic mass is 79.9. The van der Waals surface area contributed by atoms with Gasteiger partial charge in [0, 0.05) is 18.7 Å². The van der Waals surface area contributed by atoms with Gasteiger partial charge in [-0.05, 0) is 54.4 Å². The summed E-state index contributed by atoms with van der Waals surface area (Å²) in [6, 6.07) is 3.45. The number of hydrogen-bond donors (Lipinski definition) is 2. The van der Waals surface area contributed by atoms with Gasteiger partial charge in [0.05, 0.1) is 28.1 Å². The van der Waals surface area contributed by atoms with E-state index in [2.05, 4.69) is 44.8 Å². The Labute approximate surface area is 195 Å². The number of nitrogens with zero attached hydrogens (tertiary/aromatic N) is 3. The highest BCUT2D eigenvalue weighted by Gasteiger charge is 2.21. The molecular formula is C22H23BrClN5O2. The van der Waals surface area contributed by atoms with E-state index in [1.54, 1.807) is 32.1 Å². The van der Waals surface area contributed by atoms with Gasteiger partial charge in [0.25, 0.3) is 11.8 Å². The van der Waals surface area contributed by atoms with Gasteiger partial charge in [-0.3, -0.25) is 9.59 Å². The van der Waals surface area contributed by atoms with Crippen molar-refractivity contribution in [2.75, 3.05) is 7.05 Å². The van der Waals surface area contributed by atoms with Crippen LogP contribution in [0.15, 0.2) is 75.6 Å². The van der Waals surface area contributed by atoms with Gasteiger partial charge in [0.2, 0.25) is 0 Å². The topological polar surface area (TPSA) is 99.8 Å². The van der Waals surface area contributed by atoms with Crippen molar-refractivity contribution >= 4 is 45.0 Å². The van der Waals surface area contributed by atoms with Crippen LogP contribution >= 0.6 is 27.5 Å². The summed E-state index contributed by atoms with van der Waals surface area (Å²) in [5.41, 5.74) is 1.38. The smallest absolute Gasteiger partial charge is 0.274 e. The summed E-state index contributed by atoms with van der Waals surface area (Å²) in [6.07, 6.45) is 6.53. The van der Waals surface area contributed by atoms with Crippen molar-refractivity contribution in [2.45, 2.75) is 20.8 Å². The van der Waals surface area contributed by atoms with Gasteiger partial charge < -0.3 is 10.6 Å².